The van der Waals surface area contributed by atoms with Crippen LogP contribution < -0.4 is 5.32 Å². The van der Waals surface area contributed by atoms with Crippen LogP contribution in [0.2, 0.25) is 0 Å². The molecule has 0 saturated carbocycles. The Balaban J connectivity index is 2.42. The monoisotopic (exact) mass is 326 g/mol. The molecule has 9 heteroatoms. The van der Waals surface area contributed by atoms with Crippen LogP contribution >= 0.6 is 0 Å². The maximum absolute atomic E-state index is 13.2. The molecule has 22 heavy (non-hydrogen) atoms. The average molecular weight is 326 g/mol. The maximum Gasteiger partial charge on any atom is 0.294 e. The maximum atomic E-state index is 13.2. The fraction of sp³-hybridized carbons (Fsp3) is 0.0769. The van der Waals surface area contributed by atoms with Gasteiger partial charge < -0.3 is 5.32 Å². The Hall–Kier alpha value is -2.52. The van der Waals surface area contributed by atoms with Gasteiger partial charge in [0.15, 0.2) is 0 Å². The third kappa shape index (κ3) is 3.38. The highest BCUT2D eigenvalue weighted by Crippen LogP contribution is 2.29. The van der Waals surface area contributed by atoms with Gasteiger partial charge >= 0.3 is 0 Å². The van der Waals surface area contributed by atoms with Gasteiger partial charge in [0.2, 0.25) is 0 Å². The van der Waals surface area contributed by atoms with Crippen molar-refractivity contribution < 1.29 is 22.3 Å². The first kappa shape index (κ1) is 15.9. The van der Waals surface area contributed by atoms with Crippen LogP contribution in [0.25, 0.3) is 0 Å². The Morgan fingerprint density at radius 1 is 1.23 bits per heavy atom. The number of nitro benzene ring substituents is 1. The molecule has 0 amide bonds. The van der Waals surface area contributed by atoms with Crippen molar-refractivity contribution in [3.05, 3.63) is 57.9 Å². The van der Waals surface area contributed by atoms with Crippen LogP contribution in [0.5, 0.6) is 0 Å². The zero-order chi connectivity index (χ0) is 16.5. The summed E-state index contributed by atoms with van der Waals surface area (Å²) in [7, 11) is -4.35. The van der Waals surface area contributed by atoms with Crippen molar-refractivity contribution in [3.63, 3.8) is 0 Å². The molecule has 0 aliphatic heterocycles. The van der Waals surface area contributed by atoms with Crippen molar-refractivity contribution in [1.82, 2.24) is 0 Å². The number of nitrogens with zero attached hydrogens (tertiary/aromatic N) is 1. The summed E-state index contributed by atoms with van der Waals surface area (Å²) >= 11 is 0. The number of halogens is 1. The minimum absolute atomic E-state index is 0.0657. The number of rotatable bonds is 4. The fourth-order valence-electron chi connectivity index (χ4n) is 1.94. The van der Waals surface area contributed by atoms with Crippen molar-refractivity contribution in [2.45, 2.75) is 11.8 Å². The molecule has 2 aromatic carbocycles. The Kier molecular flexibility index (Phi) is 4.11. The molecular weight excluding hydrogens is 315 g/mol. The Morgan fingerprint density at radius 2 is 1.91 bits per heavy atom. The van der Waals surface area contributed by atoms with E-state index < -0.39 is 20.9 Å². The lowest BCUT2D eigenvalue weighted by molar-refractivity contribution is -0.384. The molecule has 0 saturated heterocycles. The third-order valence-electron chi connectivity index (χ3n) is 2.89. The van der Waals surface area contributed by atoms with E-state index in [-0.39, 0.29) is 21.8 Å². The quantitative estimate of drug-likeness (QED) is 0.508. The van der Waals surface area contributed by atoms with Crippen LogP contribution in [0.3, 0.4) is 0 Å². The molecule has 0 aliphatic rings. The van der Waals surface area contributed by atoms with Gasteiger partial charge in [-0.3, -0.25) is 14.7 Å². The predicted octanol–water partition coefficient (Wildman–Crippen LogP) is 3.03. The van der Waals surface area contributed by atoms with Crippen LogP contribution in [0.4, 0.5) is 21.5 Å². The summed E-state index contributed by atoms with van der Waals surface area (Å²) in [5.41, 5.74) is 0.173. The molecule has 7 nitrogen and oxygen atoms in total. The number of anilines is 2. The van der Waals surface area contributed by atoms with Crippen molar-refractivity contribution in [3.8, 4) is 0 Å². The summed E-state index contributed by atoms with van der Waals surface area (Å²) in [5.74, 6) is -0.653. The van der Waals surface area contributed by atoms with Crippen LogP contribution in [-0.4, -0.2) is 17.9 Å². The Labute approximate surface area is 125 Å². The van der Waals surface area contributed by atoms with Gasteiger partial charge in [-0.1, -0.05) is 0 Å². The van der Waals surface area contributed by atoms with Crippen molar-refractivity contribution >= 4 is 27.2 Å². The van der Waals surface area contributed by atoms with E-state index in [2.05, 4.69) is 5.32 Å². The summed E-state index contributed by atoms with van der Waals surface area (Å²) in [6.45, 7) is 1.45. The number of hydrogen-bond donors (Lipinski definition) is 2. The number of nitrogens with one attached hydrogen (secondary N) is 1. The lowest BCUT2D eigenvalue weighted by Crippen LogP contribution is -2.02. The van der Waals surface area contributed by atoms with E-state index in [9.17, 15) is 22.9 Å². The second-order valence-electron chi connectivity index (χ2n) is 4.50. The van der Waals surface area contributed by atoms with E-state index >= 15 is 0 Å². The van der Waals surface area contributed by atoms with E-state index in [4.69, 9.17) is 4.55 Å². The van der Waals surface area contributed by atoms with Crippen LogP contribution in [0, 0.1) is 22.9 Å². The molecule has 2 aromatic rings. The SMILES string of the molecule is Cc1cc(Nc2cc(F)ccc2[N+](=O)[O-])ccc1S(=O)(=O)O. The number of benzene rings is 2. The first-order valence-corrected chi connectivity index (χ1v) is 7.41. The highest BCUT2D eigenvalue weighted by atomic mass is 32.2. The summed E-state index contributed by atoms with van der Waals surface area (Å²) in [6.07, 6.45) is 0. The standard InChI is InChI=1S/C13H11FN2O5S/c1-8-6-10(3-5-13(8)22(19,20)21)15-11-7-9(14)2-4-12(11)16(17)18/h2-7,15H,1H3,(H,19,20,21). The molecule has 0 bridgehead atoms. The minimum atomic E-state index is -4.35. The minimum Gasteiger partial charge on any atom is -0.350 e. The summed E-state index contributed by atoms with van der Waals surface area (Å²) in [4.78, 5) is 9.97. The van der Waals surface area contributed by atoms with Gasteiger partial charge in [-0.05, 0) is 36.8 Å². The summed E-state index contributed by atoms with van der Waals surface area (Å²) < 4.78 is 44.5. The highest BCUT2D eigenvalue weighted by Gasteiger charge is 2.16. The average Bonchev–Trinajstić information content (AvgIpc) is 2.36. The first-order chi connectivity index (χ1) is 10.2. The molecule has 0 aromatic heterocycles. The predicted molar refractivity (Wildman–Crippen MR) is 77.3 cm³/mol. The molecule has 116 valence electrons. The molecule has 0 spiro atoms. The highest BCUT2D eigenvalue weighted by molar-refractivity contribution is 7.85. The zero-order valence-corrected chi connectivity index (χ0v) is 12.1. The van der Waals surface area contributed by atoms with Gasteiger partial charge in [0.05, 0.1) is 9.82 Å². The molecule has 0 atom stereocenters. The van der Waals surface area contributed by atoms with E-state index in [1.165, 1.54) is 19.1 Å². The van der Waals surface area contributed by atoms with Crippen LogP contribution in [0.15, 0.2) is 41.3 Å². The third-order valence-corrected chi connectivity index (χ3v) is 3.90. The van der Waals surface area contributed by atoms with Crippen molar-refractivity contribution in [2.24, 2.45) is 0 Å². The molecule has 0 aliphatic carbocycles. The molecule has 0 unspecified atom stereocenters. The zero-order valence-electron chi connectivity index (χ0n) is 11.3. The molecule has 2 rings (SSSR count). The Bertz CT molecular complexity index is 852. The van der Waals surface area contributed by atoms with Gasteiger partial charge in [-0.2, -0.15) is 8.42 Å². The van der Waals surface area contributed by atoms with Crippen LogP contribution in [0.1, 0.15) is 5.56 Å². The smallest absolute Gasteiger partial charge is 0.294 e. The van der Waals surface area contributed by atoms with Gasteiger partial charge in [0.1, 0.15) is 11.5 Å². The summed E-state index contributed by atoms with van der Waals surface area (Å²) in [6, 6.07) is 6.79. The molecule has 0 heterocycles. The van der Waals surface area contributed by atoms with Gasteiger partial charge in [-0.25, -0.2) is 4.39 Å². The topological polar surface area (TPSA) is 110 Å². The lowest BCUT2D eigenvalue weighted by Gasteiger charge is -2.09. The number of hydrogen-bond acceptors (Lipinski definition) is 5. The van der Waals surface area contributed by atoms with E-state index in [1.54, 1.807) is 0 Å². The van der Waals surface area contributed by atoms with Gasteiger partial charge in [0, 0.05) is 17.8 Å². The molecule has 0 fully saturated rings. The fourth-order valence-corrected chi connectivity index (χ4v) is 2.65. The number of nitro groups is 1. The van der Waals surface area contributed by atoms with E-state index in [1.807, 2.05) is 0 Å². The van der Waals surface area contributed by atoms with Gasteiger partial charge in [0.25, 0.3) is 15.8 Å². The van der Waals surface area contributed by atoms with Gasteiger partial charge in [-0.15, -0.1) is 0 Å². The van der Waals surface area contributed by atoms with Crippen molar-refractivity contribution in [2.75, 3.05) is 5.32 Å². The first-order valence-electron chi connectivity index (χ1n) is 5.97. The second-order valence-corrected chi connectivity index (χ2v) is 5.89. The van der Waals surface area contributed by atoms with E-state index in [0.717, 1.165) is 24.3 Å². The molecule has 0 radical (unpaired) electrons. The molecular formula is C13H11FN2O5S. The van der Waals surface area contributed by atoms with Crippen LogP contribution in [-0.2, 0) is 10.1 Å². The van der Waals surface area contributed by atoms with E-state index in [0.29, 0.717) is 5.69 Å². The largest absolute Gasteiger partial charge is 0.350 e. The Morgan fingerprint density at radius 3 is 2.45 bits per heavy atom. The summed E-state index contributed by atoms with van der Waals surface area (Å²) in [5, 5.41) is 13.6. The second kappa shape index (κ2) is 5.70. The number of aryl methyl sites for hydroxylation is 1. The lowest BCUT2D eigenvalue weighted by atomic mass is 10.2. The normalized spacial score (nSPS) is 11.2. The molecule has 2 N–H and O–H groups in total. The van der Waals surface area contributed by atoms with Crippen molar-refractivity contribution in [1.29, 1.82) is 0 Å².